The summed E-state index contributed by atoms with van der Waals surface area (Å²) in [5.41, 5.74) is 8.20. The van der Waals surface area contributed by atoms with E-state index in [1.54, 1.807) is 7.11 Å². The quantitative estimate of drug-likeness (QED) is 0.871. The molecule has 1 aromatic heterocycles. The molecule has 1 saturated heterocycles. The molecule has 0 saturated carbocycles. The van der Waals surface area contributed by atoms with Gasteiger partial charge in [0, 0.05) is 56.2 Å². The fourth-order valence-electron chi connectivity index (χ4n) is 2.85. The first-order valence-corrected chi connectivity index (χ1v) is 7.85. The van der Waals surface area contributed by atoms with Crippen LogP contribution in [0.25, 0.3) is 0 Å². The summed E-state index contributed by atoms with van der Waals surface area (Å²) in [7, 11) is 1.70. The van der Waals surface area contributed by atoms with E-state index < -0.39 is 0 Å². The average molecular weight is 386 g/mol. The highest BCUT2D eigenvalue weighted by atomic mass is 35.5. The molecule has 0 aliphatic carbocycles. The average Bonchev–Trinajstić information content (AvgIpc) is 2.58. The minimum Gasteiger partial charge on any atom is -0.497 e. The van der Waals surface area contributed by atoms with E-state index in [1.807, 2.05) is 25.3 Å². The summed E-state index contributed by atoms with van der Waals surface area (Å²) in [6.45, 7) is 6.61. The van der Waals surface area contributed by atoms with Crippen LogP contribution >= 0.6 is 24.8 Å². The van der Waals surface area contributed by atoms with Crippen molar-refractivity contribution in [1.29, 1.82) is 0 Å². The Hall–Kier alpha value is -1.76. The maximum atomic E-state index is 5.99. The van der Waals surface area contributed by atoms with Crippen molar-refractivity contribution in [1.82, 2.24) is 14.9 Å². The number of nitrogen functional groups attached to an aromatic ring is 1. The van der Waals surface area contributed by atoms with Crippen LogP contribution < -0.4 is 15.4 Å². The van der Waals surface area contributed by atoms with Gasteiger partial charge in [-0.05, 0) is 19.1 Å². The lowest BCUT2D eigenvalue weighted by molar-refractivity contribution is 0.249. The molecule has 2 aromatic rings. The number of aromatic nitrogens is 2. The summed E-state index contributed by atoms with van der Waals surface area (Å²) in [5.74, 6) is 2.20. The Kier molecular flexibility index (Phi) is 8.22. The van der Waals surface area contributed by atoms with Crippen LogP contribution in [0.3, 0.4) is 0 Å². The van der Waals surface area contributed by atoms with Crippen molar-refractivity contribution in [2.45, 2.75) is 13.5 Å². The molecule has 3 rings (SSSR count). The molecule has 138 valence electrons. The van der Waals surface area contributed by atoms with Crippen molar-refractivity contribution in [3.8, 4) is 5.75 Å². The van der Waals surface area contributed by atoms with Gasteiger partial charge in [-0.1, -0.05) is 6.07 Å². The molecule has 2 N–H and O–H groups in total. The van der Waals surface area contributed by atoms with E-state index >= 15 is 0 Å². The first kappa shape index (κ1) is 21.3. The van der Waals surface area contributed by atoms with Crippen LogP contribution in [-0.4, -0.2) is 48.2 Å². The van der Waals surface area contributed by atoms with Crippen LogP contribution in [0.2, 0.25) is 0 Å². The molecule has 0 unspecified atom stereocenters. The zero-order valence-corrected chi connectivity index (χ0v) is 16.1. The second kappa shape index (κ2) is 9.65. The van der Waals surface area contributed by atoms with E-state index in [1.165, 1.54) is 5.69 Å². The van der Waals surface area contributed by atoms with Crippen molar-refractivity contribution >= 4 is 36.3 Å². The van der Waals surface area contributed by atoms with Crippen LogP contribution in [0.1, 0.15) is 11.4 Å². The smallest absolute Gasteiger partial charge is 0.131 e. The maximum absolute atomic E-state index is 5.99. The summed E-state index contributed by atoms with van der Waals surface area (Å²) in [5, 5.41) is 0. The summed E-state index contributed by atoms with van der Waals surface area (Å²) in [6, 6.07) is 8.22. The molecule has 6 nitrogen and oxygen atoms in total. The normalized spacial score (nSPS) is 14.4. The topological polar surface area (TPSA) is 67.5 Å². The van der Waals surface area contributed by atoms with Crippen LogP contribution in [0, 0.1) is 6.92 Å². The van der Waals surface area contributed by atoms with Gasteiger partial charge >= 0.3 is 0 Å². The molecule has 0 atom stereocenters. The first-order chi connectivity index (χ1) is 11.2. The van der Waals surface area contributed by atoms with E-state index in [0.29, 0.717) is 11.6 Å². The number of methoxy groups -OCH3 is 1. The number of rotatable bonds is 4. The lowest BCUT2D eigenvalue weighted by Gasteiger charge is -2.36. The van der Waals surface area contributed by atoms with E-state index in [2.05, 4.69) is 31.9 Å². The monoisotopic (exact) mass is 385 g/mol. The Bertz CT molecular complexity index is 678. The number of hydrogen-bond acceptors (Lipinski definition) is 6. The lowest BCUT2D eigenvalue weighted by Crippen LogP contribution is -2.46. The van der Waals surface area contributed by atoms with E-state index in [0.717, 1.165) is 44.0 Å². The molecule has 8 heteroatoms. The summed E-state index contributed by atoms with van der Waals surface area (Å²) >= 11 is 0. The van der Waals surface area contributed by atoms with Crippen molar-refractivity contribution in [2.75, 3.05) is 43.9 Å². The number of halogens is 2. The van der Waals surface area contributed by atoms with Gasteiger partial charge in [0.15, 0.2) is 0 Å². The molecule has 25 heavy (non-hydrogen) atoms. The summed E-state index contributed by atoms with van der Waals surface area (Å²) in [6.07, 6.45) is 1.84. The standard InChI is InChI=1S/C17H23N5O.2ClH/c1-13-19-11-14(17(18)20-13)12-21-6-8-22(9-7-21)15-4-3-5-16(10-15)23-2;;/h3-5,10-11H,6-9,12H2,1-2H3,(H2,18,19,20);2*1H. The largest absolute Gasteiger partial charge is 0.497 e. The predicted molar refractivity (Wildman–Crippen MR) is 106 cm³/mol. The maximum Gasteiger partial charge on any atom is 0.131 e. The fourth-order valence-corrected chi connectivity index (χ4v) is 2.85. The number of piperazine rings is 1. The number of ether oxygens (including phenoxy) is 1. The van der Waals surface area contributed by atoms with Gasteiger partial charge in [0.25, 0.3) is 0 Å². The molecule has 1 aliphatic rings. The molecule has 0 spiro atoms. The van der Waals surface area contributed by atoms with Crippen LogP contribution in [0.15, 0.2) is 30.5 Å². The van der Waals surface area contributed by atoms with Gasteiger partial charge in [0.1, 0.15) is 17.4 Å². The number of hydrogen-bond donors (Lipinski definition) is 1. The van der Waals surface area contributed by atoms with Gasteiger partial charge in [-0.3, -0.25) is 4.90 Å². The van der Waals surface area contributed by atoms with Crippen molar-refractivity contribution in [2.24, 2.45) is 0 Å². The Balaban J connectivity index is 0.00000156. The van der Waals surface area contributed by atoms with Crippen molar-refractivity contribution < 1.29 is 4.74 Å². The van der Waals surface area contributed by atoms with E-state index in [9.17, 15) is 0 Å². The SMILES string of the molecule is COc1cccc(N2CCN(Cc3cnc(C)nc3N)CC2)c1.Cl.Cl. The second-order valence-corrected chi connectivity index (χ2v) is 5.79. The molecule has 0 bridgehead atoms. The Labute approximate surface area is 161 Å². The van der Waals surface area contributed by atoms with Gasteiger partial charge in [-0.2, -0.15) is 0 Å². The minimum atomic E-state index is 0. The Morgan fingerprint density at radius 2 is 1.88 bits per heavy atom. The third kappa shape index (κ3) is 5.36. The van der Waals surface area contributed by atoms with Crippen LogP contribution in [0.5, 0.6) is 5.75 Å². The van der Waals surface area contributed by atoms with Gasteiger partial charge in [-0.25, -0.2) is 9.97 Å². The zero-order valence-electron chi connectivity index (χ0n) is 14.5. The highest BCUT2D eigenvalue weighted by Gasteiger charge is 2.18. The molecular formula is C17H25Cl2N5O. The molecular weight excluding hydrogens is 361 g/mol. The lowest BCUT2D eigenvalue weighted by atomic mass is 10.2. The summed E-state index contributed by atoms with van der Waals surface area (Å²) < 4.78 is 5.30. The highest BCUT2D eigenvalue weighted by molar-refractivity contribution is 5.85. The number of nitrogens with zero attached hydrogens (tertiary/aromatic N) is 4. The van der Waals surface area contributed by atoms with Gasteiger partial charge < -0.3 is 15.4 Å². The molecule has 2 heterocycles. The van der Waals surface area contributed by atoms with Gasteiger partial charge in [0.05, 0.1) is 7.11 Å². The third-order valence-corrected chi connectivity index (χ3v) is 4.20. The first-order valence-electron chi connectivity index (χ1n) is 7.85. The number of nitrogens with two attached hydrogens (primary N) is 1. The number of benzene rings is 1. The molecule has 1 aromatic carbocycles. The van der Waals surface area contributed by atoms with Crippen molar-refractivity contribution in [3.05, 3.63) is 41.9 Å². The molecule has 1 aliphatic heterocycles. The van der Waals surface area contributed by atoms with E-state index in [4.69, 9.17) is 10.5 Å². The van der Waals surface area contributed by atoms with E-state index in [-0.39, 0.29) is 24.8 Å². The zero-order chi connectivity index (χ0) is 16.2. The van der Waals surface area contributed by atoms with Crippen LogP contribution in [0.4, 0.5) is 11.5 Å². The highest BCUT2D eigenvalue weighted by Crippen LogP contribution is 2.22. The third-order valence-electron chi connectivity index (χ3n) is 4.20. The van der Waals surface area contributed by atoms with Crippen molar-refractivity contribution in [3.63, 3.8) is 0 Å². The minimum absolute atomic E-state index is 0. The number of aryl methyl sites for hydroxylation is 1. The molecule has 0 amide bonds. The van der Waals surface area contributed by atoms with Crippen LogP contribution in [-0.2, 0) is 6.54 Å². The van der Waals surface area contributed by atoms with Gasteiger partial charge in [-0.15, -0.1) is 24.8 Å². The summed E-state index contributed by atoms with van der Waals surface area (Å²) in [4.78, 5) is 13.3. The number of anilines is 2. The molecule has 1 fully saturated rings. The Morgan fingerprint density at radius 3 is 2.52 bits per heavy atom. The van der Waals surface area contributed by atoms with Gasteiger partial charge in [0.2, 0.25) is 0 Å². The second-order valence-electron chi connectivity index (χ2n) is 5.79. The predicted octanol–water partition coefficient (Wildman–Crippen LogP) is 2.54. The fraction of sp³-hybridized carbons (Fsp3) is 0.412. The Morgan fingerprint density at radius 1 is 1.16 bits per heavy atom. The molecule has 0 radical (unpaired) electrons.